The normalized spacial score (nSPS) is 11.0. The largest absolute Gasteiger partial charge is 0.494 e. The maximum absolute atomic E-state index is 12.3. The number of nitrogens with one attached hydrogen (secondary N) is 2. The molecule has 0 bridgehead atoms. The Morgan fingerprint density at radius 2 is 1.85 bits per heavy atom. The Labute approximate surface area is 235 Å². The fourth-order valence-corrected chi connectivity index (χ4v) is 4.21. The SMILES string of the molecule is C=CC(=O)Nc1cc(Nc2nccc(-n3nc(N(C)CC)c4ccccc43)n2)c(OC)cc1N(C)CCN(C)C. The summed E-state index contributed by atoms with van der Waals surface area (Å²) in [7, 11) is 9.63. The number of methoxy groups -OCH3 is 1. The molecule has 0 spiro atoms. The van der Waals surface area contributed by atoms with E-state index in [1.165, 1.54) is 6.08 Å². The van der Waals surface area contributed by atoms with Gasteiger partial charge in [-0.3, -0.25) is 4.79 Å². The molecular formula is C29H37N9O2. The van der Waals surface area contributed by atoms with Gasteiger partial charge < -0.3 is 30.1 Å². The molecule has 0 saturated heterocycles. The number of rotatable bonds is 12. The minimum absolute atomic E-state index is 0.310. The van der Waals surface area contributed by atoms with Gasteiger partial charge in [-0.05, 0) is 45.3 Å². The third-order valence-corrected chi connectivity index (χ3v) is 6.56. The number of carbonyl (C=O) groups excluding carboxylic acids is 1. The Balaban J connectivity index is 1.72. The van der Waals surface area contributed by atoms with E-state index in [2.05, 4.69) is 49.9 Å². The zero-order valence-electron chi connectivity index (χ0n) is 24.0. The summed E-state index contributed by atoms with van der Waals surface area (Å²) in [6.07, 6.45) is 2.92. The topological polar surface area (TPSA) is 104 Å². The number of fused-ring (bicyclic) bond motifs is 1. The van der Waals surface area contributed by atoms with Gasteiger partial charge in [0.25, 0.3) is 0 Å². The molecule has 0 radical (unpaired) electrons. The van der Waals surface area contributed by atoms with Crippen LogP contribution in [0.3, 0.4) is 0 Å². The van der Waals surface area contributed by atoms with Crippen LogP contribution < -0.4 is 25.2 Å². The van der Waals surface area contributed by atoms with E-state index >= 15 is 0 Å². The van der Waals surface area contributed by atoms with Crippen LogP contribution in [0.25, 0.3) is 16.7 Å². The van der Waals surface area contributed by atoms with Crippen molar-refractivity contribution in [2.24, 2.45) is 0 Å². The van der Waals surface area contributed by atoms with E-state index in [0.717, 1.165) is 42.0 Å². The smallest absolute Gasteiger partial charge is 0.247 e. The number of hydrogen-bond donors (Lipinski definition) is 2. The molecule has 210 valence electrons. The van der Waals surface area contributed by atoms with Crippen molar-refractivity contribution < 1.29 is 9.53 Å². The van der Waals surface area contributed by atoms with Crippen LogP contribution in [0.2, 0.25) is 0 Å². The maximum atomic E-state index is 12.3. The molecule has 0 saturated carbocycles. The summed E-state index contributed by atoms with van der Waals surface area (Å²) in [6, 6.07) is 13.6. The summed E-state index contributed by atoms with van der Waals surface area (Å²) in [5.74, 6) is 2.12. The minimum Gasteiger partial charge on any atom is -0.494 e. The number of ether oxygens (including phenoxy) is 1. The molecule has 11 heteroatoms. The number of benzene rings is 2. The first kappa shape index (κ1) is 28.4. The molecule has 0 unspecified atom stereocenters. The van der Waals surface area contributed by atoms with Gasteiger partial charge >= 0.3 is 0 Å². The highest BCUT2D eigenvalue weighted by molar-refractivity contribution is 6.02. The van der Waals surface area contributed by atoms with Gasteiger partial charge in [-0.15, -0.1) is 5.10 Å². The highest BCUT2D eigenvalue weighted by Gasteiger charge is 2.18. The van der Waals surface area contributed by atoms with Gasteiger partial charge in [-0.2, -0.15) is 4.98 Å². The van der Waals surface area contributed by atoms with Gasteiger partial charge in [0.2, 0.25) is 11.9 Å². The summed E-state index contributed by atoms with van der Waals surface area (Å²) in [5, 5.41) is 12.1. The zero-order chi connectivity index (χ0) is 28.8. The lowest BCUT2D eigenvalue weighted by atomic mass is 10.2. The van der Waals surface area contributed by atoms with Crippen molar-refractivity contribution >= 4 is 45.6 Å². The third-order valence-electron chi connectivity index (χ3n) is 6.56. The van der Waals surface area contributed by atoms with Gasteiger partial charge in [0.05, 0.1) is 29.7 Å². The monoisotopic (exact) mass is 543 g/mol. The first-order valence-corrected chi connectivity index (χ1v) is 13.1. The van der Waals surface area contributed by atoms with Crippen molar-refractivity contribution in [3.8, 4) is 11.6 Å². The van der Waals surface area contributed by atoms with Crippen molar-refractivity contribution in [3.05, 3.63) is 61.3 Å². The van der Waals surface area contributed by atoms with Crippen LogP contribution >= 0.6 is 0 Å². The number of hydrogen-bond acceptors (Lipinski definition) is 9. The quantitative estimate of drug-likeness (QED) is 0.255. The van der Waals surface area contributed by atoms with E-state index in [9.17, 15) is 4.79 Å². The minimum atomic E-state index is -0.310. The summed E-state index contributed by atoms with van der Waals surface area (Å²) < 4.78 is 7.54. The number of carbonyl (C=O) groups is 1. The van der Waals surface area contributed by atoms with Crippen LogP contribution in [0, 0.1) is 0 Å². The van der Waals surface area contributed by atoms with E-state index in [1.54, 1.807) is 13.3 Å². The van der Waals surface area contributed by atoms with Crippen LogP contribution in [-0.2, 0) is 4.79 Å². The molecule has 40 heavy (non-hydrogen) atoms. The molecule has 4 rings (SSSR count). The lowest BCUT2D eigenvalue weighted by Gasteiger charge is -2.26. The van der Waals surface area contributed by atoms with Gasteiger partial charge in [0, 0.05) is 57.4 Å². The maximum Gasteiger partial charge on any atom is 0.247 e. The highest BCUT2D eigenvalue weighted by Crippen LogP contribution is 2.38. The van der Waals surface area contributed by atoms with Gasteiger partial charge in [0.1, 0.15) is 5.75 Å². The number of amides is 1. The lowest BCUT2D eigenvalue weighted by molar-refractivity contribution is -0.111. The van der Waals surface area contributed by atoms with Gasteiger partial charge in [-0.1, -0.05) is 18.7 Å². The van der Waals surface area contributed by atoms with E-state index < -0.39 is 0 Å². The number of anilines is 5. The van der Waals surface area contributed by atoms with Crippen molar-refractivity contribution in [3.63, 3.8) is 0 Å². The number of likely N-dealkylation sites (N-methyl/N-ethyl adjacent to an activating group) is 2. The second-order valence-corrected chi connectivity index (χ2v) is 9.62. The Morgan fingerprint density at radius 1 is 1.07 bits per heavy atom. The van der Waals surface area contributed by atoms with Crippen molar-refractivity contribution in [2.45, 2.75) is 6.92 Å². The third kappa shape index (κ3) is 6.15. The molecule has 2 heterocycles. The van der Waals surface area contributed by atoms with Crippen LogP contribution in [0.1, 0.15) is 6.92 Å². The number of aromatic nitrogens is 4. The van der Waals surface area contributed by atoms with E-state index in [0.29, 0.717) is 28.9 Å². The van der Waals surface area contributed by atoms with E-state index in [4.69, 9.17) is 14.8 Å². The Kier molecular flexibility index (Phi) is 8.85. The molecule has 0 aliphatic rings. The van der Waals surface area contributed by atoms with Crippen LogP contribution in [-0.4, -0.2) is 85.5 Å². The van der Waals surface area contributed by atoms with E-state index in [-0.39, 0.29) is 5.91 Å². The van der Waals surface area contributed by atoms with Crippen molar-refractivity contribution in [1.29, 1.82) is 0 Å². The summed E-state index contributed by atoms with van der Waals surface area (Å²) in [4.78, 5) is 27.7. The van der Waals surface area contributed by atoms with Crippen LogP contribution in [0.15, 0.2) is 61.3 Å². The van der Waals surface area contributed by atoms with Crippen molar-refractivity contribution in [1.82, 2.24) is 24.6 Å². The predicted molar refractivity (Wildman–Crippen MR) is 163 cm³/mol. The molecule has 1 amide bonds. The first-order valence-electron chi connectivity index (χ1n) is 13.1. The second-order valence-electron chi connectivity index (χ2n) is 9.62. The van der Waals surface area contributed by atoms with E-state index in [1.807, 2.05) is 69.3 Å². The molecule has 0 fully saturated rings. The molecule has 2 aromatic heterocycles. The lowest BCUT2D eigenvalue weighted by Crippen LogP contribution is -2.29. The summed E-state index contributed by atoms with van der Waals surface area (Å²) >= 11 is 0. The molecule has 0 aliphatic heterocycles. The average Bonchev–Trinajstić information content (AvgIpc) is 3.35. The molecule has 2 N–H and O–H groups in total. The van der Waals surface area contributed by atoms with Gasteiger partial charge in [-0.25, -0.2) is 9.67 Å². The van der Waals surface area contributed by atoms with Crippen LogP contribution in [0.5, 0.6) is 5.75 Å². The molecular weight excluding hydrogens is 506 g/mol. The standard InChI is InChI=1S/C29H37N9O2/c1-8-27(39)31-21-18-22(25(40-7)19-24(21)37(6)17-16-35(3)4)32-29-30-15-14-26(33-29)38-23-13-11-10-12-20(23)28(34-38)36(5)9-2/h8,10-15,18-19H,1,9,16-17H2,2-7H3,(H,31,39)(H,30,32,33). The molecule has 0 aliphatic carbocycles. The molecule has 2 aromatic carbocycles. The first-order chi connectivity index (χ1) is 19.2. The Hall–Kier alpha value is -4.64. The molecule has 0 atom stereocenters. The second kappa shape index (κ2) is 12.5. The Bertz CT molecular complexity index is 1500. The molecule has 4 aromatic rings. The number of nitrogens with zero attached hydrogens (tertiary/aromatic N) is 7. The fraction of sp³-hybridized carbons (Fsp3) is 0.310. The fourth-order valence-electron chi connectivity index (χ4n) is 4.21. The van der Waals surface area contributed by atoms with Crippen molar-refractivity contribution in [2.75, 3.05) is 75.4 Å². The zero-order valence-corrected chi connectivity index (χ0v) is 24.0. The average molecular weight is 544 g/mol. The number of para-hydroxylation sites is 1. The summed E-state index contributed by atoms with van der Waals surface area (Å²) in [5.41, 5.74) is 2.96. The highest BCUT2D eigenvalue weighted by atomic mass is 16.5. The Morgan fingerprint density at radius 3 is 2.55 bits per heavy atom. The van der Waals surface area contributed by atoms with Gasteiger partial charge in [0.15, 0.2) is 11.6 Å². The van der Waals surface area contributed by atoms with Crippen LogP contribution in [0.4, 0.5) is 28.8 Å². The molecule has 11 nitrogen and oxygen atoms in total. The summed E-state index contributed by atoms with van der Waals surface area (Å²) in [6.45, 7) is 8.09. The predicted octanol–water partition coefficient (Wildman–Crippen LogP) is 4.15.